The van der Waals surface area contributed by atoms with Gasteiger partial charge >= 0.3 is 5.76 Å². The van der Waals surface area contributed by atoms with E-state index < -0.39 is 5.76 Å². The van der Waals surface area contributed by atoms with Gasteiger partial charge in [-0.2, -0.15) is 0 Å². The maximum atomic E-state index is 11.3. The van der Waals surface area contributed by atoms with E-state index in [-0.39, 0.29) is 6.01 Å². The Morgan fingerprint density at radius 1 is 1.35 bits per heavy atom. The van der Waals surface area contributed by atoms with Crippen LogP contribution in [0.15, 0.2) is 38.0 Å². The smallest absolute Gasteiger partial charge is 0.419 e. The van der Waals surface area contributed by atoms with Gasteiger partial charge in [-0.15, -0.1) is 0 Å². The molecule has 0 saturated carbocycles. The molecule has 0 aliphatic carbocycles. The second-order valence-electron chi connectivity index (χ2n) is 3.67. The number of aromatic nitrogens is 2. The molecule has 17 heavy (non-hydrogen) atoms. The van der Waals surface area contributed by atoms with Crippen molar-refractivity contribution in [1.29, 1.82) is 0 Å². The highest BCUT2D eigenvalue weighted by Crippen LogP contribution is 2.24. The second kappa shape index (κ2) is 3.24. The summed E-state index contributed by atoms with van der Waals surface area (Å²) < 4.78 is 11.7. The number of rotatable bonds is 1. The van der Waals surface area contributed by atoms with Gasteiger partial charge < -0.3 is 14.6 Å². The molecule has 86 valence electrons. The van der Waals surface area contributed by atoms with Crippen LogP contribution in [0.25, 0.3) is 22.4 Å². The molecule has 0 aliphatic heterocycles. The van der Waals surface area contributed by atoms with Crippen molar-refractivity contribution in [1.82, 2.24) is 9.55 Å². The number of aryl methyl sites for hydroxylation is 1. The molecule has 2 aromatic heterocycles. The number of benzene rings is 1. The summed E-state index contributed by atoms with van der Waals surface area (Å²) in [4.78, 5) is 15.1. The van der Waals surface area contributed by atoms with E-state index in [2.05, 4.69) is 4.98 Å². The van der Waals surface area contributed by atoms with Crippen LogP contribution in [-0.2, 0) is 7.05 Å². The highest BCUT2D eigenvalue weighted by Gasteiger charge is 2.09. The number of nitrogens with zero attached hydrogens (tertiary/aromatic N) is 2. The number of nitrogens with two attached hydrogens (primary N) is 1. The van der Waals surface area contributed by atoms with Crippen molar-refractivity contribution in [3.05, 3.63) is 34.9 Å². The molecule has 0 saturated heterocycles. The maximum absolute atomic E-state index is 11.3. The summed E-state index contributed by atoms with van der Waals surface area (Å²) in [6.45, 7) is 0. The van der Waals surface area contributed by atoms with Gasteiger partial charge in [0.2, 0.25) is 0 Å². The van der Waals surface area contributed by atoms with E-state index in [1.54, 1.807) is 19.2 Å². The molecule has 0 amide bonds. The van der Waals surface area contributed by atoms with E-state index in [4.69, 9.17) is 14.6 Å². The minimum Gasteiger partial charge on any atom is -0.424 e. The van der Waals surface area contributed by atoms with E-state index in [1.165, 1.54) is 10.8 Å². The summed E-state index contributed by atoms with van der Waals surface area (Å²) in [5, 5.41) is 0. The van der Waals surface area contributed by atoms with Gasteiger partial charge in [0.05, 0.1) is 11.7 Å². The summed E-state index contributed by atoms with van der Waals surface area (Å²) >= 11 is 0. The zero-order chi connectivity index (χ0) is 12.0. The summed E-state index contributed by atoms with van der Waals surface area (Å²) in [6.07, 6.45) is 1.53. The van der Waals surface area contributed by atoms with Gasteiger partial charge in [-0.1, -0.05) is 0 Å². The zero-order valence-corrected chi connectivity index (χ0v) is 9.01. The summed E-state index contributed by atoms with van der Waals surface area (Å²) in [5.41, 5.74) is 7.39. The van der Waals surface area contributed by atoms with Crippen LogP contribution in [0.2, 0.25) is 0 Å². The number of nitrogen functional groups attached to an aromatic ring is 1. The van der Waals surface area contributed by atoms with Crippen molar-refractivity contribution in [3.63, 3.8) is 0 Å². The van der Waals surface area contributed by atoms with E-state index in [9.17, 15) is 4.79 Å². The van der Waals surface area contributed by atoms with Crippen molar-refractivity contribution >= 4 is 17.1 Å². The highest BCUT2D eigenvalue weighted by molar-refractivity contribution is 5.79. The van der Waals surface area contributed by atoms with Crippen molar-refractivity contribution in [2.45, 2.75) is 0 Å². The molecule has 3 rings (SSSR count). The van der Waals surface area contributed by atoms with Crippen LogP contribution >= 0.6 is 0 Å². The van der Waals surface area contributed by atoms with Crippen LogP contribution in [0, 0.1) is 0 Å². The average molecular weight is 231 g/mol. The van der Waals surface area contributed by atoms with Gasteiger partial charge in [0.1, 0.15) is 0 Å². The normalized spacial score (nSPS) is 11.1. The van der Waals surface area contributed by atoms with E-state index in [0.29, 0.717) is 11.3 Å². The maximum Gasteiger partial charge on any atom is 0.419 e. The van der Waals surface area contributed by atoms with E-state index in [0.717, 1.165) is 11.1 Å². The predicted octanol–water partition coefficient (Wildman–Crippen LogP) is 1.37. The fraction of sp³-hybridized carbons (Fsp3) is 0.0909. The first-order valence-corrected chi connectivity index (χ1v) is 4.96. The van der Waals surface area contributed by atoms with Crippen molar-refractivity contribution in [3.8, 4) is 11.3 Å². The SMILES string of the molecule is Cn1c(=O)oc2cc(-c3cnc(N)o3)ccc21. The summed E-state index contributed by atoms with van der Waals surface area (Å²) in [5.74, 6) is 0.144. The van der Waals surface area contributed by atoms with Crippen molar-refractivity contribution < 1.29 is 8.83 Å². The van der Waals surface area contributed by atoms with Crippen molar-refractivity contribution in [2.24, 2.45) is 7.05 Å². The van der Waals surface area contributed by atoms with Crippen LogP contribution in [0.4, 0.5) is 6.01 Å². The third-order valence-corrected chi connectivity index (χ3v) is 2.60. The van der Waals surface area contributed by atoms with Crippen LogP contribution in [0.1, 0.15) is 0 Å². The van der Waals surface area contributed by atoms with Crippen LogP contribution < -0.4 is 11.5 Å². The quantitative estimate of drug-likeness (QED) is 0.683. The van der Waals surface area contributed by atoms with Crippen LogP contribution in [0.5, 0.6) is 0 Å². The molecule has 0 aliphatic rings. The lowest BCUT2D eigenvalue weighted by Gasteiger charge is -1.96. The Hall–Kier alpha value is -2.50. The Balaban J connectivity index is 2.23. The van der Waals surface area contributed by atoms with Gasteiger partial charge in [0.25, 0.3) is 6.01 Å². The van der Waals surface area contributed by atoms with Gasteiger partial charge in [-0.25, -0.2) is 9.78 Å². The molecule has 1 aromatic carbocycles. The lowest BCUT2D eigenvalue weighted by atomic mass is 10.2. The molecule has 3 aromatic rings. The number of oxazole rings is 2. The average Bonchev–Trinajstić information content (AvgIpc) is 2.85. The first-order chi connectivity index (χ1) is 8.15. The lowest BCUT2D eigenvalue weighted by molar-refractivity contribution is 0.528. The van der Waals surface area contributed by atoms with Crippen LogP contribution in [0.3, 0.4) is 0 Å². The monoisotopic (exact) mass is 231 g/mol. The number of hydrogen-bond donors (Lipinski definition) is 1. The molecule has 0 spiro atoms. The van der Waals surface area contributed by atoms with Gasteiger partial charge in [-0.05, 0) is 18.2 Å². The van der Waals surface area contributed by atoms with Gasteiger partial charge in [0, 0.05) is 12.6 Å². The lowest BCUT2D eigenvalue weighted by Crippen LogP contribution is -2.08. The first kappa shape index (κ1) is 9.71. The highest BCUT2D eigenvalue weighted by atomic mass is 16.4. The summed E-state index contributed by atoms with van der Waals surface area (Å²) in [6, 6.07) is 5.43. The molecule has 2 N–H and O–H groups in total. The largest absolute Gasteiger partial charge is 0.424 e. The molecular formula is C11H9N3O3. The third kappa shape index (κ3) is 1.42. The Morgan fingerprint density at radius 2 is 2.18 bits per heavy atom. The van der Waals surface area contributed by atoms with Gasteiger partial charge in [-0.3, -0.25) is 4.57 Å². The number of hydrogen-bond acceptors (Lipinski definition) is 5. The molecule has 0 unspecified atom stereocenters. The molecular weight excluding hydrogens is 222 g/mol. The minimum atomic E-state index is -0.394. The Labute approximate surface area is 95.3 Å². The predicted molar refractivity (Wildman–Crippen MR) is 61.4 cm³/mol. The second-order valence-corrected chi connectivity index (χ2v) is 3.67. The van der Waals surface area contributed by atoms with Crippen LogP contribution in [-0.4, -0.2) is 9.55 Å². The molecule has 6 nitrogen and oxygen atoms in total. The molecule has 0 atom stereocenters. The minimum absolute atomic E-state index is 0.106. The molecule has 6 heteroatoms. The van der Waals surface area contributed by atoms with Gasteiger partial charge in [0.15, 0.2) is 11.3 Å². The third-order valence-electron chi connectivity index (χ3n) is 2.60. The topological polar surface area (TPSA) is 87.2 Å². The first-order valence-electron chi connectivity index (χ1n) is 4.96. The fourth-order valence-electron chi connectivity index (χ4n) is 1.71. The Bertz CT molecular complexity index is 751. The molecule has 0 bridgehead atoms. The molecule has 0 fully saturated rings. The Kier molecular flexibility index (Phi) is 1.85. The van der Waals surface area contributed by atoms with E-state index >= 15 is 0 Å². The van der Waals surface area contributed by atoms with E-state index in [1.807, 2.05) is 6.07 Å². The molecule has 0 radical (unpaired) electrons. The standard InChI is InChI=1S/C11H9N3O3/c1-14-7-3-2-6(4-8(7)17-11(14)15)9-5-13-10(12)16-9/h2-5H,1H3,(H2,12,13). The molecule has 2 heterocycles. The number of fused-ring (bicyclic) bond motifs is 1. The summed E-state index contributed by atoms with van der Waals surface area (Å²) in [7, 11) is 1.65. The fourth-order valence-corrected chi connectivity index (χ4v) is 1.71. The number of anilines is 1. The Morgan fingerprint density at radius 3 is 2.88 bits per heavy atom. The zero-order valence-electron chi connectivity index (χ0n) is 9.01. The van der Waals surface area contributed by atoms with Crippen molar-refractivity contribution in [2.75, 3.05) is 5.73 Å².